The van der Waals surface area contributed by atoms with Gasteiger partial charge < -0.3 is 5.73 Å². The maximum atomic E-state index is 12.6. The number of alkyl halides is 3. The maximum Gasteiger partial charge on any atom is 0.391 e. The van der Waals surface area contributed by atoms with Crippen molar-refractivity contribution < 1.29 is 21.6 Å². The third kappa shape index (κ3) is 3.44. The molecule has 1 aromatic carbocycles. The van der Waals surface area contributed by atoms with Crippen molar-refractivity contribution in [1.82, 2.24) is 4.31 Å². The monoisotopic (exact) mass is 342 g/mol. The van der Waals surface area contributed by atoms with Crippen molar-refractivity contribution in [3.63, 3.8) is 0 Å². The molecule has 118 valence electrons. The van der Waals surface area contributed by atoms with E-state index in [1.54, 1.807) is 0 Å². The van der Waals surface area contributed by atoms with Crippen LogP contribution in [-0.2, 0) is 10.0 Å². The summed E-state index contributed by atoms with van der Waals surface area (Å²) in [6, 6.07) is 3.86. The molecule has 4 nitrogen and oxygen atoms in total. The smallest absolute Gasteiger partial charge is 0.391 e. The van der Waals surface area contributed by atoms with Crippen LogP contribution in [0.1, 0.15) is 12.8 Å². The summed E-state index contributed by atoms with van der Waals surface area (Å²) in [5.74, 6) is -1.45. The number of nitrogens with two attached hydrogens (primary N) is 1. The van der Waals surface area contributed by atoms with Gasteiger partial charge in [0.25, 0.3) is 0 Å². The molecule has 1 fully saturated rings. The molecule has 0 unspecified atom stereocenters. The summed E-state index contributed by atoms with van der Waals surface area (Å²) in [6.45, 7) is -0.315. The molecule has 2 N–H and O–H groups in total. The van der Waals surface area contributed by atoms with Crippen LogP contribution in [0.25, 0.3) is 0 Å². The molecule has 0 aliphatic carbocycles. The SMILES string of the molecule is Nc1cc(S(=O)(=O)N2CCC(C(F)(F)F)CC2)ccc1Cl. The summed E-state index contributed by atoms with van der Waals surface area (Å²) < 4.78 is 63.5. The minimum Gasteiger partial charge on any atom is -0.397 e. The fourth-order valence-electron chi connectivity index (χ4n) is 2.25. The molecule has 0 spiro atoms. The number of sulfonamides is 1. The quantitative estimate of drug-likeness (QED) is 0.840. The van der Waals surface area contributed by atoms with Gasteiger partial charge in [-0.15, -0.1) is 0 Å². The van der Waals surface area contributed by atoms with Crippen LogP contribution >= 0.6 is 11.6 Å². The van der Waals surface area contributed by atoms with Crippen molar-refractivity contribution in [2.45, 2.75) is 23.9 Å². The van der Waals surface area contributed by atoms with E-state index >= 15 is 0 Å². The number of benzene rings is 1. The molecular weight excluding hydrogens is 329 g/mol. The van der Waals surface area contributed by atoms with Crippen LogP contribution < -0.4 is 5.73 Å². The molecule has 0 amide bonds. The fraction of sp³-hybridized carbons (Fsp3) is 0.500. The van der Waals surface area contributed by atoms with Crippen molar-refractivity contribution in [3.8, 4) is 0 Å². The molecule has 1 saturated heterocycles. The van der Waals surface area contributed by atoms with Crippen LogP contribution in [0.15, 0.2) is 23.1 Å². The Morgan fingerprint density at radius 3 is 2.29 bits per heavy atom. The molecule has 21 heavy (non-hydrogen) atoms. The Hall–Kier alpha value is -0.990. The number of nitrogens with zero attached hydrogens (tertiary/aromatic N) is 1. The van der Waals surface area contributed by atoms with Gasteiger partial charge in [0.15, 0.2) is 0 Å². The summed E-state index contributed by atoms with van der Waals surface area (Å²) in [4.78, 5) is -0.0603. The highest BCUT2D eigenvalue weighted by Gasteiger charge is 2.43. The predicted octanol–water partition coefficient (Wildman–Crippen LogP) is 2.89. The van der Waals surface area contributed by atoms with Crippen LogP contribution in [-0.4, -0.2) is 32.0 Å². The van der Waals surface area contributed by atoms with E-state index in [0.717, 1.165) is 4.31 Å². The molecule has 2 rings (SSSR count). The number of rotatable bonds is 2. The number of piperidine rings is 1. The van der Waals surface area contributed by atoms with Gasteiger partial charge in [0.1, 0.15) is 0 Å². The molecule has 1 aliphatic rings. The summed E-state index contributed by atoms with van der Waals surface area (Å²) >= 11 is 5.73. The molecule has 0 aromatic heterocycles. The third-order valence-corrected chi connectivity index (χ3v) is 5.76. The van der Waals surface area contributed by atoms with Gasteiger partial charge in [-0.05, 0) is 31.0 Å². The number of nitrogen functional groups attached to an aromatic ring is 1. The zero-order chi connectivity index (χ0) is 15.8. The average Bonchev–Trinajstić information content (AvgIpc) is 2.41. The Bertz CT molecular complexity index is 626. The van der Waals surface area contributed by atoms with Crippen LogP contribution in [0.2, 0.25) is 5.02 Å². The van der Waals surface area contributed by atoms with E-state index in [9.17, 15) is 21.6 Å². The van der Waals surface area contributed by atoms with E-state index in [-0.39, 0.29) is 41.5 Å². The first kappa shape index (κ1) is 16.4. The van der Waals surface area contributed by atoms with Crippen molar-refractivity contribution in [1.29, 1.82) is 0 Å². The Morgan fingerprint density at radius 2 is 1.81 bits per heavy atom. The van der Waals surface area contributed by atoms with Crippen LogP contribution in [0, 0.1) is 5.92 Å². The minimum atomic E-state index is -4.28. The Morgan fingerprint density at radius 1 is 1.24 bits per heavy atom. The standard InChI is InChI=1S/C12H14ClF3N2O2S/c13-10-2-1-9(7-11(10)17)21(19,20)18-5-3-8(4-6-18)12(14,15)16/h1-2,7-8H,3-6,17H2. The average molecular weight is 343 g/mol. The van der Waals surface area contributed by atoms with E-state index in [4.69, 9.17) is 17.3 Å². The Labute approximate surface area is 125 Å². The lowest BCUT2D eigenvalue weighted by Crippen LogP contribution is -2.42. The van der Waals surface area contributed by atoms with Crippen molar-refractivity contribution in [2.75, 3.05) is 18.8 Å². The van der Waals surface area contributed by atoms with Gasteiger partial charge in [0, 0.05) is 13.1 Å². The van der Waals surface area contributed by atoms with Crippen molar-refractivity contribution >= 4 is 27.3 Å². The minimum absolute atomic E-state index is 0.0603. The first-order chi connectivity index (χ1) is 9.62. The van der Waals surface area contributed by atoms with Gasteiger partial charge in [-0.3, -0.25) is 0 Å². The molecule has 0 bridgehead atoms. The number of hydrogen-bond acceptors (Lipinski definition) is 3. The first-order valence-electron chi connectivity index (χ1n) is 6.24. The molecule has 9 heteroatoms. The molecule has 0 atom stereocenters. The second-order valence-corrected chi connectivity index (χ2v) is 7.25. The highest BCUT2D eigenvalue weighted by Crippen LogP contribution is 2.35. The molecule has 1 aliphatic heterocycles. The van der Waals surface area contributed by atoms with E-state index < -0.39 is 22.1 Å². The third-order valence-electron chi connectivity index (χ3n) is 3.52. The lowest BCUT2D eigenvalue weighted by molar-refractivity contribution is -0.182. The fourth-order valence-corrected chi connectivity index (χ4v) is 3.88. The largest absolute Gasteiger partial charge is 0.397 e. The van der Waals surface area contributed by atoms with Gasteiger partial charge in [0.2, 0.25) is 10.0 Å². The lowest BCUT2D eigenvalue weighted by atomic mass is 9.98. The topological polar surface area (TPSA) is 63.4 Å². The predicted molar refractivity (Wildman–Crippen MR) is 73.4 cm³/mol. The highest BCUT2D eigenvalue weighted by atomic mass is 35.5. The van der Waals surface area contributed by atoms with Gasteiger partial charge >= 0.3 is 6.18 Å². The lowest BCUT2D eigenvalue weighted by Gasteiger charge is -2.32. The normalized spacial score (nSPS) is 18.9. The molecule has 1 aromatic rings. The molecule has 0 radical (unpaired) electrons. The molecule has 1 heterocycles. The second-order valence-electron chi connectivity index (χ2n) is 4.90. The summed E-state index contributed by atoms with van der Waals surface area (Å²) in [7, 11) is -3.84. The van der Waals surface area contributed by atoms with Gasteiger partial charge in [0.05, 0.1) is 21.5 Å². The van der Waals surface area contributed by atoms with Gasteiger partial charge in [-0.25, -0.2) is 8.42 Å². The maximum absolute atomic E-state index is 12.6. The van der Waals surface area contributed by atoms with Gasteiger partial charge in [-0.2, -0.15) is 17.5 Å². The van der Waals surface area contributed by atoms with E-state index in [1.165, 1.54) is 18.2 Å². The molecular formula is C12H14ClF3N2O2S. The Balaban J connectivity index is 2.17. The highest BCUT2D eigenvalue weighted by molar-refractivity contribution is 7.89. The second kappa shape index (κ2) is 5.66. The van der Waals surface area contributed by atoms with Crippen LogP contribution in [0.3, 0.4) is 0 Å². The molecule has 0 saturated carbocycles. The van der Waals surface area contributed by atoms with Crippen molar-refractivity contribution in [2.24, 2.45) is 5.92 Å². The van der Waals surface area contributed by atoms with Crippen molar-refractivity contribution in [3.05, 3.63) is 23.2 Å². The summed E-state index contributed by atoms with van der Waals surface area (Å²) in [6.07, 6.45) is -4.74. The zero-order valence-electron chi connectivity index (χ0n) is 10.9. The van der Waals surface area contributed by atoms with E-state index in [2.05, 4.69) is 0 Å². The van der Waals surface area contributed by atoms with E-state index in [1.807, 2.05) is 0 Å². The summed E-state index contributed by atoms with van der Waals surface area (Å²) in [5.41, 5.74) is 5.68. The van der Waals surface area contributed by atoms with Crippen LogP contribution in [0.4, 0.5) is 18.9 Å². The number of hydrogen-bond donors (Lipinski definition) is 1. The first-order valence-corrected chi connectivity index (χ1v) is 8.06. The Kier molecular flexibility index (Phi) is 4.41. The van der Waals surface area contributed by atoms with Gasteiger partial charge in [-0.1, -0.05) is 11.6 Å². The number of anilines is 1. The number of halogens is 4. The summed E-state index contributed by atoms with van der Waals surface area (Å²) in [5, 5.41) is 0.227. The zero-order valence-corrected chi connectivity index (χ0v) is 12.5. The van der Waals surface area contributed by atoms with E-state index in [0.29, 0.717) is 0 Å². The van der Waals surface area contributed by atoms with Crippen LogP contribution in [0.5, 0.6) is 0 Å².